The zero-order valence-corrected chi connectivity index (χ0v) is 16.8. The molecule has 1 aliphatic rings. The van der Waals surface area contributed by atoms with Crippen LogP contribution in [-0.4, -0.2) is 54.1 Å². The summed E-state index contributed by atoms with van der Waals surface area (Å²) >= 11 is 0. The molecule has 156 valence electrons. The topological polar surface area (TPSA) is 108 Å². The van der Waals surface area contributed by atoms with E-state index >= 15 is 0 Å². The van der Waals surface area contributed by atoms with Crippen molar-refractivity contribution in [2.24, 2.45) is 0 Å². The number of amides is 2. The van der Waals surface area contributed by atoms with Crippen molar-refractivity contribution >= 4 is 28.4 Å². The van der Waals surface area contributed by atoms with Crippen LogP contribution in [0.25, 0.3) is 27.7 Å². The van der Waals surface area contributed by atoms with Crippen molar-refractivity contribution in [3.05, 3.63) is 61.2 Å². The van der Waals surface area contributed by atoms with Gasteiger partial charge in [-0.25, -0.2) is 4.98 Å². The smallest absolute Gasteiger partial charge is 0.246 e. The molecule has 0 radical (unpaired) electrons. The molecule has 9 nitrogen and oxygen atoms in total. The van der Waals surface area contributed by atoms with Crippen molar-refractivity contribution in [3.8, 4) is 11.1 Å². The molecule has 5 heterocycles. The van der Waals surface area contributed by atoms with E-state index in [1.165, 1.54) is 6.08 Å². The number of likely N-dealkylation sites (tertiary alicyclic amines) is 1. The molecule has 4 aromatic heterocycles. The Hall–Kier alpha value is -4.01. The van der Waals surface area contributed by atoms with Gasteiger partial charge in [0.2, 0.25) is 11.8 Å². The fourth-order valence-corrected chi connectivity index (χ4v) is 4.17. The summed E-state index contributed by atoms with van der Waals surface area (Å²) < 4.78 is 1.59. The average molecular weight is 415 g/mol. The predicted molar refractivity (Wildman–Crippen MR) is 115 cm³/mol. The average Bonchev–Trinajstić information content (AvgIpc) is 3.54. The zero-order valence-electron chi connectivity index (χ0n) is 16.8. The lowest BCUT2D eigenvalue weighted by molar-refractivity contribution is -0.135. The number of carbonyl (C=O) groups excluding carboxylic acids is 2. The molecule has 2 N–H and O–H groups in total. The lowest BCUT2D eigenvalue weighted by Gasteiger charge is -2.22. The third-order valence-corrected chi connectivity index (χ3v) is 5.65. The van der Waals surface area contributed by atoms with Crippen LogP contribution in [-0.2, 0) is 16.1 Å². The summed E-state index contributed by atoms with van der Waals surface area (Å²) in [5.41, 5.74) is 4.41. The van der Waals surface area contributed by atoms with Crippen molar-refractivity contribution < 1.29 is 9.59 Å². The number of rotatable bonds is 5. The van der Waals surface area contributed by atoms with Crippen LogP contribution in [0.2, 0.25) is 0 Å². The van der Waals surface area contributed by atoms with E-state index in [2.05, 4.69) is 32.1 Å². The first-order valence-corrected chi connectivity index (χ1v) is 10.1. The molecule has 1 atom stereocenters. The van der Waals surface area contributed by atoms with Crippen molar-refractivity contribution in [3.63, 3.8) is 0 Å². The Labute approximate surface area is 177 Å². The minimum atomic E-state index is -0.449. The molecule has 31 heavy (non-hydrogen) atoms. The molecule has 0 aliphatic carbocycles. The molecule has 4 aromatic rings. The number of hydrogen-bond donors (Lipinski definition) is 2. The highest BCUT2D eigenvalue weighted by atomic mass is 16.2. The summed E-state index contributed by atoms with van der Waals surface area (Å²) in [7, 11) is 0. The molecule has 2 amide bonds. The summed E-state index contributed by atoms with van der Waals surface area (Å²) in [4.78, 5) is 33.9. The first-order chi connectivity index (χ1) is 15.2. The SMILES string of the molecule is C=CC(=O)N1CCCC1C(=O)NCc1cc2c(-c3cnn4ncccc34)ccnc2[nH]1. The summed E-state index contributed by atoms with van der Waals surface area (Å²) in [6.07, 6.45) is 7.95. The normalized spacial score (nSPS) is 16.1. The summed E-state index contributed by atoms with van der Waals surface area (Å²) in [5.74, 6) is -0.367. The molecule has 1 saturated heterocycles. The Balaban J connectivity index is 1.39. The molecule has 1 fully saturated rings. The van der Waals surface area contributed by atoms with Gasteiger partial charge in [-0.3, -0.25) is 9.59 Å². The number of aromatic amines is 1. The predicted octanol–water partition coefficient (Wildman–Crippen LogP) is 2.07. The molecule has 9 heteroatoms. The molecular weight excluding hydrogens is 394 g/mol. The van der Waals surface area contributed by atoms with Crippen LogP contribution in [0.4, 0.5) is 0 Å². The summed E-state index contributed by atoms with van der Waals surface area (Å²) in [6.45, 7) is 4.42. The second kappa shape index (κ2) is 7.67. The molecular formula is C22H21N7O2. The Kier molecular flexibility index (Phi) is 4.70. The maximum Gasteiger partial charge on any atom is 0.246 e. The Morgan fingerprint density at radius 2 is 2.16 bits per heavy atom. The largest absolute Gasteiger partial charge is 0.349 e. The fourth-order valence-electron chi connectivity index (χ4n) is 4.17. The first kappa shape index (κ1) is 19.0. The standard InChI is InChI=1S/C22H21N7O2/c1-2-20(30)28-10-4-6-19(28)22(31)24-12-14-11-16-15(7-9-23-21(16)27-14)17-13-26-29-18(17)5-3-8-25-29/h2-3,5,7-9,11,13,19H,1,4,6,10,12H2,(H,23,27)(H,24,31). The highest BCUT2D eigenvalue weighted by Gasteiger charge is 2.32. The van der Waals surface area contributed by atoms with Gasteiger partial charge in [0, 0.05) is 35.6 Å². The van der Waals surface area contributed by atoms with Crippen LogP contribution in [0.5, 0.6) is 0 Å². The monoisotopic (exact) mass is 415 g/mol. The van der Waals surface area contributed by atoms with Gasteiger partial charge in [0.15, 0.2) is 0 Å². The van der Waals surface area contributed by atoms with Crippen LogP contribution in [0, 0.1) is 0 Å². The lowest BCUT2D eigenvalue weighted by atomic mass is 10.1. The van der Waals surface area contributed by atoms with E-state index in [9.17, 15) is 9.59 Å². The second-order valence-corrected chi connectivity index (χ2v) is 7.48. The number of aromatic nitrogens is 5. The van der Waals surface area contributed by atoms with E-state index in [1.54, 1.807) is 28.1 Å². The number of pyridine rings is 1. The van der Waals surface area contributed by atoms with Crippen molar-refractivity contribution in [1.82, 2.24) is 35.0 Å². The van der Waals surface area contributed by atoms with Gasteiger partial charge >= 0.3 is 0 Å². The van der Waals surface area contributed by atoms with E-state index in [-0.39, 0.29) is 11.8 Å². The number of fused-ring (bicyclic) bond motifs is 2. The van der Waals surface area contributed by atoms with Crippen molar-refractivity contribution in [2.45, 2.75) is 25.4 Å². The number of nitrogens with one attached hydrogen (secondary N) is 2. The Bertz CT molecular complexity index is 1310. The molecule has 0 aromatic carbocycles. The van der Waals surface area contributed by atoms with Gasteiger partial charge in [-0.1, -0.05) is 6.58 Å². The van der Waals surface area contributed by atoms with E-state index in [1.807, 2.05) is 24.3 Å². The Morgan fingerprint density at radius 3 is 3.03 bits per heavy atom. The van der Waals surface area contributed by atoms with Crippen molar-refractivity contribution in [1.29, 1.82) is 0 Å². The number of nitrogens with zero attached hydrogens (tertiary/aromatic N) is 5. The number of H-pyrrole nitrogens is 1. The van der Waals surface area contributed by atoms with E-state index in [0.717, 1.165) is 39.8 Å². The third-order valence-electron chi connectivity index (χ3n) is 5.65. The maximum absolute atomic E-state index is 12.7. The zero-order chi connectivity index (χ0) is 21.4. The second-order valence-electron chi connectivity index (χ2n) is 7.48. The van der Waals surface area contributed by atoms with E-state index < -0.39 is 6.04 Å². The quantitative estimate of drug-likeness (QED) is 0.485. The molecule has 0 saturated carbocycles. The number of carbonyl (C=O) groups is 2. The van der Waals surface area contributed by atoms with Crippen LogP contribution in [0.1, 0.15) is 18.5 Å². The highest BCUT2D eigenvalue weighted by molar-refractivity contribution is 5.98. The molecule has 1 unspecified atom stereocenters. The Morgan fingerprint density at radius 1 is 1.26 bits per heavy atom. The first-order valence-electron chi connectivity index (χ1n) is 10.1. The van der Waals surface area contributed by atoms with E-state index in [0.29, 0.717) is 19.5 Å². The fraction of sp³-hybridized carbons (Fsp3) is 0.227. The van der Waals surface area contributed by atoms with Gasteiger partial charge in [0.1, 0.15) is 11.7 Å². The third kappa shape index (κ3) is 3.33. The molecule has 5 rings (SSSR count). The van der Waals surface area contributed by atoms with Gasteiger partial charge in [-0.15, -0.1) is 0 Å². The van der Waals surface area contributed by atoms with Gasteiger partial charge in [0.25, 0.3) is 0 Å². The van der Waals surface area contributed by atoms with E-state index in [4.69, 9.17) is 0 Å². The van der Waals surface area contributed by atoms with Crippen LogP contribution in [0.3, 0.4) is 0 Å². The van der Waals surface area contributed by atoms with Gasteiger partial charge in [-0.05, 0) is 48.7 Å². The van der Waals surface area contributed by atoms with Gasteiger partial charge in [-0.2, -0.15) is 14.8 Å². The minimum Gasteiger partial charge on any atom is -0.349 e. The van der Waals surface area contributed by atoms with Gasteiger partial charge < -0.3 is 15.2 Å². The van der Waals surface area contributed by atoms with Crippen LogP contribution in [0.15, 0.2) is 55.5 Å². The lowest BCUT2D eigenvalue weighted by Crippen LogP contribution is -2.45. The highest BCUT2D eigenvalue weighted by Crippen LogP contribution is 2.30. The maximum atomic E-state index is 12.7. The minimum absolute atomic E-state index is 0.159. The van der Waals surface area contributed by atoms with Crippen LogP contribution >= 0.6 is 0 Å². The molecule has 0 spiro atoms. The van der Waals surface area contributed by atoms with Crippen LogP contribution < -0.4 is 5.32 Å². The van der Waals surface area contributed by atoms with Crippen molar-refractivity contribution in [2.75, 3.05) is 6.54 Å². The summed E-state index contributed by atoms with van der Waals surface area (Å²) in [5, 5.41) is 12.4. The summed E-state index contributed by atoms with van der Waals surface area (Å²) in [6, 6.07) is 7.32. The number of hydrogen-bond acceptors (Lipinski definition) is 5. The molecule has 1 aliphatic heterocycles. The molecule has 0 bridgehead atoms. The van der Waals surface area contributed by atoms with Gasteiger partial charge in [0.05, 0.1) is 18.3 Å².